The minimum Gasteiger partial charge on any atom is -0.369 e. The summed E-state index contributed by atoms with van der Waals surface area (Å²) in [5.41, 5.74) is 1.49. The summed E-state index contributed by atoms with van der Waals surface area (Å²) in [5.74, 6) is -0.197. The number of hydrogen-bond acceptors (Lipinski definition) is 4. The van der Waals surface area contributed by atoms with Crippen LogP contribution in [0.4, 0.5) is 20.8 Å². The van der Waals surface area contributed by atoms with Crippen LogP contribution in [0.5, 0.6) is 0 Å². The number of fused-ring (bicyclic) bond motifs is 1. The van der Waals surface area contributed by atoms with Crippen LogP contribution in [0.2, 0.25) is 5.02 Å². The zero-order valence-electron chi connectivity index (χ0n) is 13.7. The van der Waals surface area contributed by atoms with Gasteiger partial charge in [-0.05, 0) is 36.8 Å². The average Bonchev–Trinajstić information content (AvgIpc) is 3.23. The quantitative estimate of drug-likeness (QED) is 0.739. The normalized spacial score (nSPS) is 16.8. The van der Waals surface area contributed by atoms with E-state index < -0.39 is 5.82 Å². The number of amides is 2. The Morgan fingerprint density at radius 3 is 3.00 bits per heavy atom. The molecule has 3 aromatic rings. The van der Waals surface area contributed by atoms with Gasteiger partial charge in [0.1, 0.15) is 5.82 Å². The molecule has 1 saturated heterocycles. The van der Waals surface area contributed by atoms with Gasteiger partial charge in [0, 0.05) is 31.0 Å². The number of carbonyl (C=O) groups is 1. The van der Waals surface area contributed by atoms with E-state index in [-0.39, 0.29) is 23.0 Å². The minimum atomic E-state index is -0.441. The van der Waals surface area contributed by atoms with Crippen LogP contribution < -0.4 is 15.5 Å². The number of nitrogens with zero attached hydrogens (tertiary/aromatic N) is 4. The maximum atomic E-state index is 13.3. The highest BCUT2D eigenvalue weighted by Gasteiger charge is 2.25. The maximum Gasteiger partial charge on any atom is 0.321 e. The first-order valence-corrected chi connectivity index (χ1v) is 8.55. The highest BCUT2D eigenvalue weighted by molar-refractivity contribution is 6.31. The van der Waals surface area contributed by atoms with E-state index in [9.17, 15) is 9.18 Å². The molecule has 2 amide bonds. The van der Waals surface area contributed by atoms with Crippen LogP contribution in [0, 0.1) is 5.82 Å². The van der Waals surface area contributed by atoms with Crippen LogP contribution in [0.15, 0.2) is 42.6 Å². The molecule has 1 fully saturated rings. The fourth-order valence-corrected chi connectivity index (χ4v) is 3.18. The zero-order valence-corrected chi connectivity index (χ0v) is 14.4. The van der Waals surface area contributed by atoms with Crippen molar-refractivity contribution in [1.82, 2.24) is 19.9 Å². The molecule has 4 rings (SSSR count). The highest BCUT2D eigenvalue weighted by atomic mass is 35.5. The second-order valence-electron chi connectivity index (χ2n) is 6.07. The molecule has 1 unspecified atom stereocenters. The molecule has 1 aliphatic heterocycles. The second kappa shape index (κ2) is 6.80. The summed E-state index contributed by atoms with van der Waals surface area (Å²) in [6.07, 6.45) is 2.54. The van der Waals surface area contributed by atoms with Gasteiger partial charge in [0.2, 0.25) is 0 Å². The lowest BCUT2D eigenvalue weighted by Crippen LogP contribution is -2.40. The Labute approximate surface area is 153 Å². The smallest absolute Gasteiger partial charge is 0.321 e. The lowest BCUT2D eigenvalue weighted by molar-refractivity contribution is 0.249. The number of aromatic nitrogens is 3. The van der Waals surface area contributed by atoms with Crippen LogP contribution in [0.3, 0.4) is 0 Å². The van der Waals surface area contributed by atoms with Crippen molar-refractivity contribution in [2.45, 2.75) is 12.5 Å². The van der Waals surface area contributed by atoms with Crippen molar-refractivity contribution in [1.29, 1.82) is 0 Å². The predicted molar refractivity (Wildman–Crippen MR) is 97.2 cm³/mol. The molecular weight excluding hydrogens is 359 g/mol. The molecule has 1 atom stereocenters. The third-order valence-electron chi connectivity index (χ3n) is 4.26. The summed E-state index contributed by atoms with van der Waals surface area (Å²) in [7, 11) is 0. The molecule has 0 saturated carbocycles. The first-order chi connectivity index (χ1) is 12.6. The zero-order chi connectivity index (χ0) is 18.1. The summed E-state index contributed by atoms with van der Waals surface area (Å²) < 4.78 is 14.9. The molecule has 2 N–H and O–H groups in total. The van der Waals surface area contributed by atoms with Crippen LogP contribution >= 0.6 is 11.6 Å². The molecule has 26 heavy (non-hydrogen) atoms. The number of pyridine rings is 1. The molecule has 2 aromatic heterocycles. The van der Waals surface area contributed by atoms with Gasteiger partial charge in [-0.1, -0.05) is 17.7 Å². The van der Waals surface area contributed by atoms with Gasteiger partial charge < -0.3 is 10.2 Å². The van der Waals surface area contributed by atoms with Gasteiger partial charge >= 0.3 is 6.03 Å². The van der Waals surface area contributed by atoms with Gasteiger partial charge in [-0.15, -0.1) is 5.10 Å². The summed E-state index contributed by atoms with van der Waals surface area (Å²) in [5, 5.41) is 9.83. The Bertz CT molecular complexity index is 928. The SMILES string of the molecule is O=C(Nc1nc2ccccn2n1)NC1CCN(c2ccc(F)c(Cl)c2)C1. The number of nitrogens with one attached hydrogen (secondary N) is 2. The van der Waals surface area contributed by atoms with Gasteiger partial charge in [-0.25, -0.2) is 13.7 Å². The van der Waals surface area contributed by atoms with E-state index >= 15 is 0 Å². The van der Waals surface area contributed by atoms with Crippen molar-refractivity contribution in [3.8, 4) is 0 Å². The summed E-state index contributed by atoms with van der Waals surface area (Å²) in [6, 6.07) is 9.73. The average molecular weight is 375 g/mol. The van der Waals surface area contributed by atoms with Crippen LogP contribution in [0.1, 0.15) is 6.42 Å². The molecule has 0 bridgehead atoms. The lowest BCUT2D eigenvalue weighted by atomic mass is 10.2. The van der Waals surface area contributed by atoms with Crippen LogP contribution in [-0.2, 0) is 0 Å². The van der Waals surface area contributed by atoms with Crippen LogP contribution in [-0.4, -0.2) is 39.8 Å². The molecule has 7 nitrogen and oxygen atoms in total. The Morgan fingerprint density at radius 2 is 2.19 bits per heavy atom. The summed E-state index contributed by atoms with van der Waals surface area (Å²) in [6.45, 7) is 1.37. The van der Waals surface area contributed by atoms with Crippen molar-refractivity contribution in [3.05, 3.63) is 53.4 Å². The van der Waals surface area contributed by atoms with E-state index in [0.29, 0.717) is 12.2 Å². The number of halogens is 2. The van der Waals surface area contributed by atoms with E-state index in [1.165, 1.54) is 6.07 Å². The van der Waals surface area contributed by atoms with Crippen LogP contribution in [0.25, 0.3) is 5.65 Å². The van der Waals surface area contributed by atoms with Gasteiger partial charge in [0.05, 0.1) is 5.02 Å². The van der Waals surface area contributed by atoms with E-state index in [1.54, 1.807) is 28.9 Å². The van der Waals surface area contributed by atoms with E-state index in [1.807, 2.05) is 12.1 Å². The monoisotopic (exact) mass is 374 g/mol. The topological polar surface area (TPSA) is 74.6 Å². The fourth-order valence-electron chi connectivity index (χ4n) is 3.00. The Kier molecular flexibility index (Phi) is 4.34. The van der Waals surface area contributed by atoms with E-state index in [2.05, 4.69) is 25.6 Å². The summed E-state index contributed by atoms with van der Waals surface area (Å²) >= 11 is 5.84. The number of benzene rings is 1. The van der Waals surface area contributed by atoms with Crippen molar-refractivity contribution in [3.63, 3.8) is 0 Å². The number of hydrogen-bond donors (Lipinski definition) is 2. The number of anilines is 2. The lowest BCUT2D eigenvalue weighted by Gasteiger charge is -2.19. The second-order valence-corrected chi connectivity index (χ2v) is 6.47. The standard InChI is InChI=1S/C17H16ClFN6O/c18-13-9-12(4-5-14(13)19)24-8-6-11(10-24)20-17(26)22-16-21-15-3-1-2-7-25(15)23-16/h1-5,7,9,11H,6,8,10H2,(H2,20,22,23,26). The molecule has 134 valence electrons. The molecule has 3 heterocycles. The molecule has 0 spiro atoms. The van der Waals surface area contributed by atoms with Gasteiger partial charge in [0.25, 0.3) is 5.95 Å². The number of urea groups is 1. The highest BCUT2D eigenvalue weighted by Crippen LogP contribution is 2.25. The van der Waals surface area contributed by atoms with E-state index in [0.717, 1.165) is 18.7 Å². The molecule has 0 aliphatic carbocycles. The summed E-state index contributed by atoms with van der Waals surface area (Å²) in [4.78, 5) is 18.5. The van der Waals surface area contributed by atoms with Crippen molar-refractivity contribution < 1.29 is 9.18 Å². The Balaban J connectivity index is 1.35. The first kappa shape index (κ1) is 16.6. The van der Waals surface area contributed by atoms with E-state index in [4.69, 9.17) is 11.6 Å². The molecule has 1 aliphatic rings. The first-order valence-electron chi connectivity index (χ1n) is 8.17. The fraction of sp³-hybridized carbons (Fsp3) is 0.235. The minimum absolute atomic E-state index is 0.0316. The third kappa shape index (κ3) is 3.41. The van der Waals surface area contributed by atoms with Crippen molar-refractivity contribution in [2.24, 2.45) is 0 Å². The van der Waals surface area contributed by atoms with Crippen molar-refractivity contribution >= 4 is 34.9 Å². The third-order valence-corrected chi connectivity index (χ3v) is 4.55. The van der Waals surface area contributed by atoms with Gasteiger partial charge in [-0.3, -0.25) is 5.32 Å². The predicted octanol–water partition coefficient (Wildman–Crippen LogP) is 2.92. The number of carbonyl (C=O) groups excluding carboxylic acids is 1. The van der Waals surface area contributed by atoms with Gasteiger partial charge in [-0.2, -0.15) is 4.98 Å². The molecule has 0 radical (unpaired) electrons. The van der Waals surface area contributed by atoms with Crippen molar-refractivity contribution in [2.75, 3.05) is 23.3 Å². The van der Waals surface area contributed by atoms with Gasteiger partial charge in [0.15, 0.2) is 5.65 Å². The largest absolute Gasteiger partial charge is 0.369 e. The molecule has 1 aromatic carbocycles. The number of rotatable bonds is 3. The maximum absolute atomic E-state index is 13.3. The molecular formula is C17H16ClFN6O. The molecule has 9 heteroatoms. The Morgan fingerprint density at radius 1 is 1.31 bits per heavy atom. The Hall–Kier alpha value is -2.87.